The molecule has 0 aromatic rings. The minimum Gasteiger partial charge on any atom is -0.756 e. The van der Waals surface area contributed by atoms with Crippen molar-refractivity contribution in [3.63, 3.8) is 0 Å². The second-order valence-electron chi connectivity index (χ2n) is 7.59. The van der Waals surface area contributed by atoms with Gasteiger partial charge in [-0.25, -0.2) is 0 Å². The van der Waals surface area contributed by atoms with Gasteiger partial charge in [0.2, 0.25) is 0 Å². The fourth-order valence-electron chi connectivity index (χ4n) is 1.90. The van der Waals surface area contributed by atoms with Gasteiger partial charge in [-0.2, -0.15) is 0 Å². The molecule has 0 heterocycles. The summed E-state index contributed by atoms with van der Waals surface area (Å²) in [5, 5.41) is 0. The molecule has 0 saturated carbocycles. The molecule has 0 aliphatic carbocycles. The molecule has 28 heavy (non-hydrogen) atoms. The van der Waals surface area contributed by atoms with Crippen LogP contribution in [-0.2, 0) is 32.7 Å². The van der Waals surface area contributed by atoms with Crippen LogP contribution in [0.15, 0.2) is 0 Å². The molecule has 0 aromatic carbocycles. The Bertz CT molecular complexity index is 506. The number of quaternary nitrogens is 1. The molecule has 0 rings (SSSR count). The first-order valence-electron chi connectivity index (χ1n) is 9.74. The predicted octanol–water partition coefficient (Wildman–Crippen LogP) is 2.03. The van der Waals surface area contributed by atoms with Gasteiger partial charge >= 0.3 is 11.9 Å². The summed E-state index contributed by atoms with van der Waals surface area (Å²) in [6.07, 6.45) is 2.44. The highest BCUT2D eigenvalue weighted by Gasteiger charge is 2.21. The third-order valence-electron chi connectivity index (χ3n) is 3.63. The molecule has 0 amide bonds. The molecular formula is C18H36NO8P. The number of rotatable bonds is 16. The zero-order valence-corrected chi connectivity index (χ0v) is 18.7. The van der Waals surface area contributed by atoms with Crippen molar-refractivity contribution in [2.45, 2.75) is 58.5 Å². The Balaban J connectivity index is 4.60. The van der Waals surface area contributed by atoms with E-state index in [1.165, 1.54) is 0 Å². The van der Waals surface area contributed by atoms with E-state index in [9.17, 15) is 19.0 Å². The number of likely N-dealkylation sites (N-methyl/N-ethyl adjacent to an activating group) is 1. The maximum absolute atomic E-state index is 11.9. The molecule has 10 heteroatoms. The number of hydrogen-bond acceptors (Lipinski definition) is 8. The monoisotopic (exact) mass is 425 g/mol. The molecule has 0 bridgehead atoms. The van der Waals surface area contributed by atoms with Crippen molar-refractivity contribution in [1.29, 1.82) is 0 Å². The van der Waals surface area contributed by atoms with E-state index in [0.29, 0.717) is 23.9 Å². The smallest absolute Gasteiger partial charge is 0.306 e. The van der Waals surface area contributed by atoms with Gasteiger partial charge in [0.25, 0.3) is 7.82 Å². The van der Waals surface area contributed by atoms with Crippen LogP contribution >= 0.6 is 7.82 Å². The number of phosphoric acid groups is 1. The maximum atomic E-state index is 11.9. The normalized spacial score (nSPS) is 14.9. The highest BCUT2D eigenvalue weighted by Crippen LogP contribution is 2.38. The fourth-order valence-corrected chi connectivity index (χ4v) is 2.63. The number of unbranched alkanes of at least 4 members (excludes halogenated alkanes) is 2. The first-order valence-corrected chi connectivity index (χ1v) is 11.2. The van der Waals surface area contributed by atoms with Crippen LogP contribution in [0.3, 0.4) is 0 Å². The molecule has 0 aliphatic rings. The van der Waals surface area contributed by atoms with Crippen LogP contribution in [0.25, 0.3) is 0 Å². The minimum absolute atomic E-state index is 0.0305. The lowest BCUT2D eigenvalue weighted by Gasteiger charge is -2.28. The maximum Gasteiger partial charge on any atom is 0.306 e. The summed E-state index contributed by atoms with van der Waals surface area (Å²) >= 11 is 0. The summed E-state index contributed by atoms with van der Waals surface area (Å²) in [5.41, 5.74) is 0. The fraction of sp³-hybridized carbons (Fsp3) is 0.889. The van der Waals surface area contributed by atoms with Gasteiger partial charge in [0.05, 0.1) is 27.7 Å². The zero-order valence-electron chi connectivity index (χ0n) is 17.8. The molecule has 166 valence electrons. The standard InChI is InChI=1S/C18H36NO8P/c1-6-8-10-17(20)24-14-16(27-18(21)11-9-7-2)15-26-28(22,23)25-13-12-19(3,4)5/h16H,6-15H2,1-5H3/t16-/m1/s1. The van der Waals surface area contributed by atoms with Crippen molar-refractivity contribution in [1.82, 2.24) is 0 Å². The number of hydrogen-bond donors (Lipinski definition) is 0. The average molecular weight is 425 g/mol. The van der Waals surface area contributed by atoms with Crippen LogP contribution < -0.4 is 4.89 Å². The van der Waals surface area contributed by atoms with Crippen molar-refractivity contribution in [3.8, 4) is 0 Å². The lowest BCUT2D eigenvalue weighted by atomic mass is 10.2. The number of esters is 2. The summed E-state index contributed by atoms with van der Waals surface area (Å²) in [7, 11) is 1.15. The molecule has 0 radical (unpaired) electrons. The van der Waals surface area contributed by atoms with E-state index in [1.54, 1.807) is 0 Å². The minimum atomic E-state index is -4.55. The Labute approximate surface area is 168 Å². The summed E-state index contributed by atoms with van der Waals surface area (Å²) in [4.78, 5) is 35.4. The molecule has 0 saturated heterocycles. The van der Waals surface area contributed by atoms with Gasteiger partial charge in [-0.05, 0) is 12.8 Å². The van der Waals surface area contributed by atoms with Gasteiger partial charge in [0.15, 0.2) is 6.10 Å². The van der Waals surface area contributed by atoms with Gasteiger partial charge in [0, 0.05) is 12.8 Å². The van der Waals surface area contributed by atoms with Gasteiger partial charge in [0.1, 0.15) is 19.8 Å². The van der Waals surface area contributed by atoms with E-state index in [0.717, 1.165) is 12.8 Å². The van der Waals surface area contributed by atoms with E-state index >= 15 is 0 Å². The summed E-state index contributed by atoms with van der Waals surface area (Å²) in [6, 6.07) is 0. The first kappa shape index (κ1) is 27.0. The Morgan fingerprint density at radius 2 is 1.54 bits per heavy atom. The van der Waals surface area contributed by atoms with Crippen LogP contribution in [0.4, 0.5) is 0 Å². The summed E-state index contributed by atoms with van der Waals surface area (Å²) in [5.74, 6) is -0.923. The second-order valence-corrected chi connectivity index (χ2v) is 9.00. The van der Waals surface area contributed by atoms with Gasteiger partial charge in [-0.15, -0.1) is 0 Å². The Kier molecular flexibility index (Phi) is 13.6. The SMILES string of the molecule is CCCCC(=O)OC[C@H](COP(=O)([O-])OCC[N+](C)(C)C)OC(=O)CCCC. The third kappa shape index (κ3) is 16.0. The highest BCUT2D eigenvalue weighted by atomic mass is 31.2. The lowest BCUT2D eigenvalue weighted by molar-refractivity contribution is -0.870. The topological polar surface area (TPSA) is 111 Å². The van der Waals surface area contributed by atoms with Crippen LogP contribution in [0, 0.1) is 0 Å². The van der Waals surface area contributed by atoms with E-state index in [4.69, 9.17) is 18.5 Å². The van der Waals surface area contributed by atoms with Crippen LogP contribution in [0.1, 0.15) is 52.4 Å². The molecule has 0 fully saturated rings. The number of carbonyl (C=O) groups is 2. The van der Waals surface area contributed by atoms with Gasteiger partial charge in [-0.1, -0.05) is 26.7 Å². The van der Waals surface area contributed by atoms with Crippen molar-refractivity contribution < 1.29 is 42.1 Å². The average Bonchev–Trinajstić information content (AvgIpc) is 2.59. The molecule has 0 aliphatic heterocycles. The van der Waals surface area contributed by atoms with E-state index in [1.807, 2.05) is 35.0 Å². The summed E-state index contributed by atoms with van der Waals surface area (Å²) < 4.78 is 32.3. The van der Waals surface area contributed by atoms with Crippen molar-refractivity contribution in [3.05, 3.63) is 0 Å². The van der Waals surface area contributed by atoms with Gasteiger partial charge in [-0.3, -0.25) is 14.2 Å². The van der Waals surface area contributed by atoms with Crippen LogP contribution in [-0.4, -0.2) is 70.0 Å². The first-order chi connectivity index (χ1) is 13.0. The number of nitrogens with zero attached hydrogens (tertiary/aromatic N) is 1. The molecule has 0 N–H and O–H groups in total. The van der Waals surface area contributed by atoms with E-state index in [-0.39, 0.29) is 26.1 Å². The number of carbonyl (C=O) groups excluding carboxylic acids is 2. The van der Waals surface area contributed by atoms with E-state index < -0.39 is 32.5 Å². The van der Waals surface area contributed by atoms with Gasteiger partial charge < -0.3 is 27.9 Å². The highest BCUT2D eigenvalue weighted by molar-refractivity contribution is 7.45. The summed E-state index contributed by atoms with van der Waals surface area (Å²) in [6.45, 7) is 3.59. The molecule has 9 nitrogen and oxygen atoms in total. The molecule has 2 atom stereocenters. The largest absolute Gasteiger partial charge is 0.756 e. The van der Waals surface area contributed by atoms with Crippen molar-refractivity contribution in [2.75, 3.05) is 47.5 Å². The number of ether oxygens (including phenoxy) is 2. The van der Waals surface area contributed by atoms with Crippen LogP contribution in [0.5, 0.6) is 0 Å². The molecule has 0 spiro atoms. The van der Waals surface area contributed by atoms with Crippen molar-refractivity contribution >= 4 is 19.8 Å². The Hall–Kier alpha value is -0.990. The zero-order chi connectivity index (χ0) is 21.6. The predicted molar refractivity (Wildman–Crippen MR) is 102 cm³/mol. The van der Waals surface area contributed by atoms with E-state index in [2.05, 4.69) is 0 Å². The lowest BCUT2D eigenvalue weighted by Crippen LogP contribution is -2.37. The number of phosphoric ester groups is 1. The quantitative estimate of drug-likeness (QED) is 0.210. The molecular weight excluding hydrogens is 389 g/mol. The third-order valence-corrected chi connectivity index (χ3v) is 4.59. The molecule has 0 aromatic heterocycles. The van der Waals surface area contributed by atoms with Crippen molar-refractivity contribution in [2.24, 2.45) is 0 Å². The van der Waals surface area contributed by atoms with Crippen LogP contribution in [0.2, 0.25) is 0 Å². The second kappa shape index (κ2) is 14.1. The Morgan fingerprint density at radius 3 is 2.07 bits per heavy atom. The molecule has 1 unspecified atom stereocenters. The Morgan fingerprint density at radius 1 is 0.964 bits per heavy atom.